The first-order valence-electron chi connectivity index (χ1n) is 7.79. The van der Waals surface area contributed by atoms with E-state index in [1.54, 1.807) is 12.7 Å². The number of benzene rings is 1. The Labute approximate surface area is 133 Å². The molecule has 1 aromatic carbocycles. The van der Waals surface area contributed by atoms with E-state index in [2.05, 4.69) is 15.0 Å². The molecule has 1 saturated heterocycles. The van der Waals surface area contributed by atoms with Gasteiger partial charge in [-0.05, 0) is 37.4 Å². The van der Waals surface area contributed by atoms with Crippen LogP contribution in [0.2, 0.25) is 0 Å². The van der Waals surface area contributed by atoms with Gasteiger partial charge in [-0.1, -0.05) is 18.2 Å². The van der Waals surface area contributed by atoms with Crippen LogP contribution in [-0.2, 0) is 17.3 Å². The molecule has 0 aliphatic carbocycles. The van der Waals surface area contributed by atoms with Gasteiger partial charge < -0.3 is 4.90 Å². The van der Waals surface area contributed by atoms with Crippen molar-refractivity contribution >= 4 is 10.8 Å². The van der Waals surface area contributed by atoms with Gasteiger partial charge in [-0.25, -0.2) is 4.98 Å². The van der Waals surface area contributed by atoms with Crippen molar-refractivity contribution in [1.29, 1.82) is 0 Å². The van der Waals surface area contributed by atoms with Crippen molar-refractivity contribution in [3.63, 3.8) is 0 Å². The predicted molar refractivity (Wildman–Crippen MR) is 86.9 cm³/mol. The molecule has 118 valence electrons. The lowest BCUT2D eigenvalue weighted by Crippen LogP contribution is -2.39. The number of nitrogens with zero attached hydrogens (tertiary/aromatic N) is 4. The molecule has 2 atom stereocenters. The van der Waals surface area contributed by atoms with Crippen molar-refractivity contribution in [2.45, 2.75) is 24.3 Å². The van der Waals surface area contributed by atoms with E-state index in [-0.39, 0.29) is 0 Å². The zero-order valence-corrected chi connectivity index (χ0v) is 13.5. The van der Waals surface area contributed by atoms with Crippen molar-refractivity contribution < 1.29 is 4.21 Å². The Hall–Kier alpha value is -1.53. The molecule has 5 nitrogen and oxygen atoms in total. The first kappa shape index (κ1) is 15.4. The topological polar surface area (TPSA) is 51.0 Å². The van der Waals surface area contributed by atoms with Crippen LogP contribution in [0.1, 0.15) is 12.8 Å². The second kappa shape index (κ2) is 7.65. The molecule has 0 N–H and O–H groups in total. The van der Waals surface area contributed by atoms with E-state index in [1.807, 2.05) is 35.0 Å². The van der Waals surface area contributed by atoms with E-state index in [4.69, 9.17) is 0 Å². The minimum absolute atomic E-state index is 0.612. The first-order valence-corrected chi connectivity index (χ1v) is 9.11. The van der Waals surface area contributed by atoms with E-state index in [1.165, 1.54) is 12.8 Å². The number of likely N-dealkylation sites (tertiary alicyclic amines) is 1. The van der Waals surface area contributed by atoms with E-state index < -0.39 is 10.8 Å². The van der Waals surface area contributed by atoms with Gasteiger partial charge in [0.05, 0.1) is 10.8 Å². The quantitative estimate of drug-likeness (QED) is 0.815. The van der Waals surface area contributed by atoms with Crippen LogP contribution in [0, 0.1) is 5.92 Å². The molecular formula is C16H22N4OS. The van der Waals surface area contributed by atoms with Gasteiger partial charge in [0.2, 0.25) is 0 Å². The molecule has 22 heavy (non-hydrogen) atoms. The van der Waals surface area contributed by atoms with Gasteiger partial charge in [0.1, 0.15) is 12.7 Å². The molecule has 0 unspecified atom stereocenters. The van der Waals surface area contributed by atoms with Crippen LogP contribution in [0.3, 0.4) is 0 Å². The van der Waals surface area contributed by atoms with Gasteiger partial charge in [0.15, 0.2) is 0 Å². The molecule has 0 radical (unpaired) electrons. The second-order valence-corrected chi connectivity index (χ2v) is 7.36. The molecule has 0 amide bonds. The lowest BCUT2D eigenvalue weighted by atomic mass is 9.98. The summed E-state index contributed by atoms with van der Waals surface area (Å²) in [5.41, 5.74) is 0. The van der Waals surface area contributed by atoms with Crippen molar-refractivity contribution in [1.82, 2.24) is 19.7 Å². The molecule has 6 heteroatoms. The summed E-state index contributed by atoms with van der Waals surface area (Å²) in [6.07, 6.45) is 5.81. The molecule has 3 rings (SSSR count). The summed E-state index contributed by atoms with van der Waals surface area (Å²) in [6, 6.07) is 9.74. The SMILES string of the molecule is O=[S@@](CCN1CCC[C@@H](Cn2cncn2)C1)c1ccccc1. The third-order valence-corrected chi connectivity index (χ3v) is 5.47. The summed E-state index contributed by atoms with van der Waals surface area (Å²) in [5.74, 6) is 1.32. The fourth-order valence-corrected chi connectivity index (χ4v) is 4.12. The average Bonchev–Trinajstić information content (AvgIpc) is 3.07. The Morgan fingerprint density at radius 3 is 2.91 bits per heavy atom. The van der Waals surface area contributed by atoms with Crippen molar-refractivity contribution in [2.75, 3.05) is 25.4 Å². The minimum atomic E-state index is -0.897. The highest BCUT2D eigenvalue weighted by molar-refractivity contribution is 7.85. The largest absolute Gasteiger partial charge is 0.302 e. The molecule has 1 aliphatic heterocycles. The van der Waals surface area contributed by atoms with Crippen LogP contribution in [0.15, 0.2) is 47.9 Å². The maximum absolute atomic E-state index is 12.3. The van der Waals surface area contributed by atoms with Gasteiger partial charge in [-0.2, -0.15) is 5.10 Å². The Morgan fingerprint density at radius 1 is 1.27 bits per heavy atom. The van der Waals surface area contributed by atoms with Crippen LogP contribution in [-0.4, -0.2) is 49.3 Å². The smallest absolute Gasteiger partial charge is 0.137 e. The highest BCUT2D eigenvalue weighted by Crippen LogP contribution is 2.18. The summed E-state index contributed by atoms with van der Waals surface area (Å²) in [4.78, 5) is 7.36. The third kappa shape index (κ3) is 4.24. The Bertz CT molecular complexity index is 587. The molecule has 0 spiro atoms. The number of hydrogen-bond acceptors (Lipinski definition) is 4. The molecule has 1 aliphatic rings. The Balaban J connectivity index is 1.47. The van der Waals surface area contributed by atoms with Gasteiger partial charge in [0, 0.05) is 30.3 Å². The van der Waals surface area contributed by atoms with Crippen molar-refractivity contribution in [2.24, 2.45) is 5.92 Å². The average molecular weight is 318 g/mol. The van der Waals surface area contributed by atoms with Gasteiger partial charge in [-0.15, -0.1) is 0 Å². The van der Waals surface area contributed by atoms with E-state index in [0.29, 0.717) is 11.7 Å². The molecule has 2 aromatic rings. The van der Waals surface area contributed by atoms with Crippen LogP contribution in [0.5, 0.6) is 0 Å². The molecule has 2 heterocycles. The predicted octanol–water partition coefficient (Wildman–Crippen LogP) is 1.80. The Morgan fingerprint density at radius 2 is 2.14 bits per heavy atom. The summed E-state index contributed by atoms with van der Waals surface area (Å²) >= 11 is 0. The number of hydrogen-bond donors (Lipinski definition) is 0. The summed E-state index contributed by atoms with van der Waals surface area (Å²) in [5, 5.41) is 4.19. The van der Waals surface area contributed by atoms with E-state index in [9.17, 15) is 4.21 Å². The maximum atomic E-state index is 12.3. The van der Waals surface area contributed by atoms with Crippen LogP contribution in [0.25, 0.3) is 0 Å². The van der Waals surface area contributed by atoms with Gasteiger partial charge in [0.25, 0.3) is 0 Å². The highest BCUT2D eigenvalue weighted by Gasteiger charge is 2.20. The standard InChI is InChI=1S/C16H22N4OS/c21-22(16-6-2-1-3-7-16)10-9-19-8-4-5-15(11-19)12-20-14-17-13-18-20/h1-3,6-7,13-15H,4-5,8-12H2/t15-,22+/m1/s1. The highest BCUT2D eigenvalue weighted by atomic mass is 32.2. The summed E-state index contributed by atoms with van der Waals surface area (Å²) in [7, 11) is -0.897. The van der Waals surface area contributed by atoms with Crippen molar-refractivity contribution in [3.05, 3.63) is 43.0 Å². The van der Waals surface area contributed by atoms with E-state index in [0.717, 1.165) is 31.1 Å². The fraction of sp³-hybridized carbons (Fsp3) is 0.500. The molecule has 0 saturated carbocycles. The monoisotopic (exact) mass is 318 g/mol. The van der Waals surface area contributed by atoms with Crippen LogP contribution >= 0.6 is 0 Å². The molecular weight excluding hydrogens is 296 g/mol. The summed E-state index contributed by atoms with van der Waals surface area (Å²) in [6.45, 7) is 4.00. The lowest BCUT2D eigenvalue weighted by molar-refractivity contribution is 0.168. The van der Waals surface area contributed by atoms with E-state index >= 15 is 0 Å². The van der Waals surface area contributed by atoms with Crippen molar-refractivity contribution in [3.8, 4) is 0 Å². The molecule has 1 fully saturated rings. The first-order chi connectivity index (χ1) is 10.8. The molecule has 1 aromatic heterocycles. The fourth-order valence-electron chi connectivity index (χ4n) is 3.00. The molecule has 0 bridgehead atoms. The van der Waals surface area contributed by atoms with Crippen LogP contribution in [0.4, 0.5) is 0 Å². The minimum Gasteiger partial charge on any atom is -0.302 e. The van der Waals surface area contributed by atoms with Crippen LogP contribution < -0.4 is 0 Å². The summed E-state index contributed by atoms with van der Waals surface area (Å²) < 4.78 is 14.2. The number of aromatic nitrogens is 3. The van der Waals surface area contributed by atoms with Gasteiger partial charge >= 0.3 is 0 Å². The normalized spacial score (nSPS) is 20.8. The zero-order valence-electron chi connectivity index (χ0n) is 12.7. The maximum Gasteiger partial charge on any atom is 0.137 e. The third-order valence-electron chi connectivity index (χ3n) is 4.11. The van der Waals surface area contributed by atoms with Gasteiger partial charge in [-0.3, -0.25) is 8.89 Å². The second-order valence-electron chi connectivity index (χ2n) is 5.79. The number of rotatable bonds is 6. The zero-order chi connectivity index (χ0) is 15.2. The Kier molecular flexibility index (Phi) is 5.34. The number of piperidine rings is 1. The lowest BCUT2D eigenvalue weighted by Gasteiger charge is -2.32.